The largest absolute Gasteiger partial charge is 0.383 e. The summed E-state index contributed by atoms with van der Waals surface area (Å²) in [6.45, 7) is 5.37. The molecule has 1 aromatic carbocycles. The van der Waals surface area contributed by atoms with E-state index in [1.54, 1.807) is 11.0 Å². The minimum atomic E-state index is 0.667. The predicted octanol–water partition coefficient (Wildman–Crippen LogP) is 3.77. The topological polar surface area (TPSA) is 42.7 Å². The summed E-state index contributed by atoms with van der Waals surface area (Å²) < 4.78 is 1.69. The molecule has 2 rings (SSSR count). The van der Waals surface area contributed by atoms with Crippen molar-refractivity contribution in [1.29, 1.82) is 0 Å². The third-order valence-corrected chi connectivity index (χ3v) is 3.68. The quantitative estimate of drug-likeness (QED) is 0.875. The Balaban J connectivity index is 2.23. The molecule has 1 N–H and O–H groups in total. The number of rotatable bonds is 6. The fourth-order valence-corrected chi connectivity index (χ4v) is 2.31. The van der Waals surface area contributed by atoms with E-state index < -0.39 is 0 Å². The molecule has 0 atom stereocenters. The Bertz CT molecular complexity index is 506. The van der Waals surface area contributed by atoms with Gasteiger partial charge in [-0.1, -0.05) is 44.4 Å². The molecule has 0 saturated carbocycles. The highest BCUT2D eigenvalue weighted by Gasteiger charge is 2.11. The first kappa shape index (κ1) is 13.9. The van der Waals surface area contributed by atoms with Gasteiger partial charge in [-0.05, 0) is 18.1 Å². The molecule has 4 nitrogen and oxygen atoms in total. The van der Waals surface area contributed by atoms with Crippen LogP contribution < -0.4 is 5.32 Å². The maximum Gasteiger partial charge on any atom is 0.138 e. The molecule has 0 aliphatic rings. The second-order valence-electron chi connectivity index (χ2n) is 4.54. The third-order valence-electron chi connectivity index (χ3n) is 3.37. The molecule has 5 heteroatoms. The number of hydrogen-bond acceptors (Lipinski definition) is 3. The molecule has 0 aliphatic heterocycles. The number of nitrogens with zero attached hydrogens (tertiary/aromatic N) is 3. The lowest BCUT2D eigenvalue weighted by molar-refractivity contribution is 0.519. The average molecular weight is 279 g/mol. The summed E-state index contributed by atoms with van der Waals surface area (Å²) in [6.07, 6.45) is 5.50. The Morgan fingerprint density at radius 3 is 2.74 bits per heavy atom. The van der Waals surface area contributed by atoms with Crippen molar-refractivity contribution in [3.05, 3.63) is 35.9 Å². The zero-order chi connectivity index (χ0) is 13.7. The van der Waals surface area contributed by atoms with Crippen LogP contribution in [0.15, 0.2) is 30.9 Å². The van der Waals surface area contributed by atoms with Crippen molar-refractivity contribution in [2.24, 2.45) is 5.92 Å². The molecule has 0 unspecified atom stereocenters. The maximum atomic E-state index is 6.28. The number of para-hydroxylation sites is 1. The zero-order valence-electron chi connectivity index (χ0n) is 11.3. The molecule has 1 aromatic heterocycles. The number of halogens is 1. The summed E-state index contributed by atoms with van der Waals surface area (Å²) in [4.78, 5) is 3.97. The van der Waals surface area contributed by atoms with Crippen molar-refractivity contribution in [2.75, 3.05) is 11.9 Å². The summed E-state index contributed by atoms with van der Waals surface area (Å²) in [7, 11) is 0. The first-order chi connectivity index (χ1) is 9.26. The molecule has 19 heavy (non-hydrogen) atoms. The third kappa shape index (κ3) is 3.26. The molecule has 0 fully saturated rings. The number of hydrogen-bond donors (Lipinski definition) is 1. The smallest absolute Gasteiger partial charge is 0.138 e. The number of nitrogens with one attached hydrogen (secondary N) is 1. The van der Waals surface area contributed by atoms with Crippen LogP contribution in [-0.2, 0) is 0 Å². The van der Waals surface area contributed by atoms with Gasteiger partial charge in [0.25, 0.3) is 0 Å². The zero-order valence-corrected chi connectivity index (χ0v) is 12.1. The summed E-state index contributed by atoms with van der Waals surface area (Å²) in [5.41, 5.74) is 1.84. The van der Waals surface area contributed by atoms with Gasteiger partial charge in [-0.25, -0.2) is 9.67 Å². The van der Waals surface area contributed by atoms with Gasteiger partial charge < -0.3 is 5.32 Å². The fourth-order valence-electron chi connectivity index (χ4n) is 2.05. The van der Waals surface area contributed by atoms with Crippen molar-refractivity contribution in [2.45, 2.75) is 26.7 Å². The van der Waals surface area contributed by atoms with Gasteiger partial charge in [-0.15, -0.1) is 0 Å². The van der Waals surface area contributed by atoms with E-state index in [1.165, 1.54) is 19.2 Å². The lowest BCUT2D eigenvalue weighted by atomic mass is 10.0. The van der Waals surface area contributed by atoms with Crippen molar-refractivity contribution < 1.29 is 0 Å². The average Bonchev–Trinajstić information content (AvgIpc) is 2.93. The molecule has 0 spiro atoms. The molecule has 0 amide bonds. The number of benzene rings is 1. The van der Waals surface area contributed by atoms with Gasteiger partial charge in [0, 0.05) is 6.54 Å². The monoisotopic (exact) mass is 278 g/mol. The van der Waals surface area contributed by atoms with Gasteiger partial charge in [0.05, 0.1) is 10.7 Å². The second-order valence-corrected chi connectivity index (χ2v) is 4.95. The van der Waals surface area contributed by atoms with Gasteiger partial charge in [0.1, 0.15) is 18.3 Å². The minimum absolute atomic E-state index is 0.667. The first-order valence-electron chi connectivity index (χ1n) is 6.63. The minimum Gasteiger partial charge on any atom is -0.383 e. The molecule has 0 radical (unpaired) electrons. The van der Waals surface area contributed by atoms with E-state index in [0.717, 1.165) is 17.9 Å². The SMILES string of the molecule is CCC(CC)CNc1cccc(Cl)c1-n1cncn1. The predicted molar refractivity (Wildman–Crippen MR) is 78.9 cm³/mol. The molecule has 2 aromatic rings. The maximum absolute atomic E-state index is 6.28. The van der Waals surface area contributed by atoms with E-state index in [4.69, 9.17) is 11.6 Å². The Hall–Kier alpha value is -1.55. The Morgan fingerprint density at radius 1 is 1.32 bits per heavy atom. The van der Waals surface area contributed by atoms with Gasteiger partial charge >= 0.3 is 0 Å². The van der Waals surface area contributed by atoms with E-state index in [9.17, 15) is 0 Å². The Kier molecular flexibility index (Phi) is 4.80. The van der Waals surface area contributed by atoms with Crippen molar-refractivity contribution in [3.63, 3.8) is 0 Å². The van der Waals surface area contributed by atoms with Crippen LogP contribution >= 0.6 is 11.6 Å². The van der Waals surface area contributed by atoms with Crippen LogP contribution in [0.25, 0.3) is 5.69 Å². The Morgan fingerprint density at radius 2 is 2.11 bits per heavy atom. The van der Waals surface area contributed by atoms with Crippen LogP contribution in [0.2, 0.25) is 5.02 Å². The van der Waals surface area contributed by atoms with Crippen LogP contribution in [0.4, 0.5) is 5.69 Å². The van der Waals surface area contributed by atoms with E-state index in [2.05, 4.69) is 29.2 Å². The van der Waals surface area contributed by atoms with Crippen molar-refractivity contribution >= 4 is 17.3 Å². The van der Waals surface area contributed by atoms with Crippen LogP contribution in [0.3, 0.4) is 0 Å². The standard InChI is InChI=1S/C14H19ClN4/c1-3-11(4-2)8-17-13-7-5-6-12(15)14(13)19-10-16-9-18-19/h5-7,9-11,17H,3-4,8H2,1-2H3. The highest BCUT2D eigenvalue weighted by molar-refractivity contribution is 6.33. The fraction of sp³-hybridized carbons (Fsp3) is 0.429. The van der Waals surface area contributed by atoms with E-state index in [-0.39, 0.29) is 0 Å². The van der Waals surface area contributed by atoms with Crippen LogP contribution in [0.1, 0.15) is 26.7 Å². The van der Waals surface area contributed by atoms with Crippen LogP contribution in [0, 0.1) is 5.92 Å². The molecular formula is C14H19ClN4. The van der Waals surface area contributed by atoms with E-state index in [0.29, 0.717) is 10.9 Å². The molecule has 102 valence electrons. The highest BCUT2D eigenvalue weighted by Crippen LogP contribution is 2.28. The molecule has 0 aliphatic carbocycles. The lowest BCUT2D eigenvalue weighted by Gasteiger charge is -2.17. The van der Waals surface area contributed by atoms with Crippen molar-refractivity contribution in [1.82, 2.24) is 14.8 Å². The summed E-state index contributed by atoms with van der Waals surface area (Å²) in [6, 6.07) is 5.82. The van der Waals surface area contributed by atoms with E-state index in [1.807, 2.05) is 18.2 Å². The van der Waals surface area contributed by atoms with Crippen LogP contribution in [0.5, 0.6) is 0 Å². The first-order valence-corrected chi connectivity index (χ1v) is 7.01. The van der Waals surface area contributed by atoms with E-state index >= 15 is 0 Å². The van der Waals surface area contributed by atoms with Crippen molar-refractivity contribution in [3.8, 4) is 5.69 Å². The molecule has 0 bridgehead atoms. The summed E-state index contributed by atoms with van der Waals surface area (Å²) in [5.74, 6) is 0.669. The molecular weight excluding hydrogens is 260 g/mol. The number of anilines is 1. The molecule has 0 saturated heterocycles. The van der Waals surface area contributed by atoms with Gasteiger partial charge in [0.2, 0.25) is 0 Å². The Labute approximate surface area is 118 Å². The normalized spacial score (nSPS) is 10.9. The summed E-state index contributed by atoms with van der Waals surface area (Å²) >= 11 is 6.28. The summed E-state index contributed by atoms with van der Waals surface area (Å²) in [5, 5.41) is 8.29. The lowest BCUT2D eigenvalue weighted by Crippen LogP contribution is -2.14. The highest BCUT2D eigenvalue weighted by atomic mass is 35.5. The second kappa shape index (κ2) is 6.57. The molecule has 1 heterocycles. The van der Waals surface area contributed by atoms with Gasteiger partial charge in [-0.3, -0.25) is 0 Å². The van der Waals surface area contributed by atoms with Crippen LogP contribution in [-0.4, -0.2) is 21.3 Å². The van der Waals surface area contributed by atoms with Gasteiger partial charge in [0.15, 0.2) is 0 Å². The van der Waals surface area contributed by atoms with Gasteiger partial charge in [-0.2, -0.15) is 5.10 Å². The number of aromatic nitrogens is 3.